The van der Waals surface area contributed by atoms with Crippen molar-refractivity contribution in [3.05, 3.63) is 144 Å². The number of aliphatic carboxylic acids is 1. The average molecular weight is 1930 g/mol. The van der Waals surface area contributed by atoms with E-state index in [1.54, 1.807) is 72.0 Å². The minimum Gasteiger partial charge on any atom is -0.480 e. The highest BCUT2D eigenvalue weighted by Gasteiger charge is 2.51. The maximum Gasteiger partial charge on any atom is 0.326 e. The number of carbonyl (C=O) groups is 9. The first-order valence-electron chi connectivity index (χ1n) is 44.7. The number of aromatic amines is 1. The zero-order valence-electron chi connectivity index (χ0n) is 76.2. The molecule has 45 heteroatoms. The molecule has 6 heterocycles. The molecule has 0 radical (unpaired) electrons. The first kappa shape index (κ1) is 116. The van der Waals surface area contributed by atoms with E-state index < -0.39 is 288 Å². The Balaban J connectivity index is 0.000000265. The Bertz CT molecular complexity index is 4500. The van der Waals surface area contributed by atoms with Crippen LogP contribution in [0.4, 0.5) is 0 Å². The van der Waals surface area contributed by atoms with E-state index in [0.717, 1.165) is 27.6 Å². The van der Waals surface area contributed by atoms with Gasteiger partial charge in [-0.2, -0.15) is 0 Å². The van der Waals surface area contributed by atoms with E-state index >= 15 is 0 Å². The number of hydrogen-bond donors (Lipinski definition) is 31. The van der Waals surface area contributed by atoms with Crippen LogP contribution in [0.15, 0.2) is 121 Å². The summed E-state index contributed by atoms with van der Waals surface area (Å²) in [5.74, 6) is -10.1. The smallest absolute Gasteiger partial charge is 0.326 e. The van der Waals surface area contributed by atoms with Crippen molar-refractivity contribution >= 4 is 63.6 Å². The number of carboxylic acid groups (broad SMARTS) is 1. The normalized spacial score (nSPS) is 30.0. The quantitative estimate of drug-likeness (QED) is 0.0174. The van der Waals surface area contributed by atoms with Crippen molar-refractivity contribution in [2.45, 2.75) is 277 Å². The number of aliphatic hydroxyl groups excluding tert-OH is 20. The number of H-pyrrole nitrogens is 1. The second-order valence-corrected chi connectivity index (χ2v) is 35.5. The van der Waals surface area contributed by atoms with Crippen LogP contribution in [0.3, 0.4) is 0 Å². The number of nitrogens with one attached hydrogen (secondary N) is 5. The average Bonchev–Trinajstić information content (AvgIpc) is 1.64. The minimum absolute atomic E-state index is 0.00990. The molecule has 10 rings (SSSR count). The number of carboxylic acids is 1. The zero-order valence-corrected chi connectivity index (χ0v) is 76.2. The van der Waals surface area contributed by atoms with Gasteiger partial charge in [-0.25, -0.2) is 4.79 Å². The summed E-state index contributed by atoms with van der Waals surface area (Å²) >= 11 is 0. The lowest BCUT2D eigenvalue weighted by atomic mass is 9.84. The van der Waals surface area contributed by atoms with Crippen LogP contribution < -0.4 is 49.9 Å². The highest BCUT2D eigenvalue weighted by molar-refractivity contribution is 5.93. The number of ketones is 4. The summed E-state index contributed by atoms with van der Waals surface area (Å²) in [5, 5.41) is 216. The molecule has 1 aromatic heterocycles. The molecule has 5 saturated heterocycles. The van der Waals surface area contributed by atoms with Gasteiger partial charge in [-0.3, -0.25) is 38.4 Å². The Morgan fingerprint density at radius 3 is 1.10 bits per heavy atom. The molecule has 4 aromatic carbocycles. The minimum atomic E-state index is -1.67. The van der Waals surface area contributed by atoms with Crippen molar-refractivity contribution in [1.82, 2.24) is 26.3 Å². The van der Waals surface area contributed by atoms with Crippen molar-refractivity contribution < 1.29 is 174 Å². The molecular weight excluding hydrogens is 1790 g/mol. The summed E-state index contributed by atoms with van der Waals surface area (Å²) in [6.07, 6.45) is -27.2. The zero-order chi connectivity index (χ0) is 102. The Kier molecular flexibility index (Phi) is 47.7. The number of hydrogen-bond acceptors (Lipinski definition) is 39. The Morgan fingerprint density at radius 2 is 0.706 bits per heavy atom. The fourth-order valence-electron chi connectivity index (χ4n) is 15.6. The van der Waals surface area contributed by atoms with Crippen LogP contribution in [0.2, 0.25) is 0 Å². The third-order valence-corrected chi connectivity index (χ3v) is 24.3. The Hall–Kier alpha value is -8.75. The van der Waals surface area contributed by atoms with Gasteiger partial charge in [0.1, 0.15) is 96.8 Å². The lowest BCUT2D eigenvalue weighted by molar-refractivity contribution is -0.270. The number of benzene rings is 4. The molecule has 0 aliphatic carbocycles. The molecule has 36 N–H and O–H groups in total. The molecule has 45 nitrogen and oxygen atoms in total. The fraction of sp³-hybridized carbons (Fsp3) is 0.615. The molecule has 762 valence electrons. The van der Waals surface area contributed by atoms with Gasteiger partial charge in [0.25, 0.3) is 0 Å². The third-order valence-electron chi connectivity index (χ3n) is 24.3. The first-order chi connectivity index (χ1) is 64.1. The number of amides is 4. The number of para-hydroxylation sites is 1. The van der Waals surface area contributed by atoms with Gasteiger partial charge < -0.3 is 186 Å². The standard InChI is InChI=1S/C24H31N3O7.C22H29N3O9.C17H32N2O7.C16H23NO6.C12H23NO6/c25-16(11-14-7-3-1-4-8-14)22(31)26-17(12-15-9-5-2-6-10-15)23(32)27-19-21(30)20(29)18(13-28)34-24(19)33;23-13(16(27)6-12-19(29)20(30)17(9-26)34-22(12)33)7-18(28)25-15(21(31)32)5-10-8-24-14-4-2-1-3-11(10)14;1-7(2)12(18)16(24)19-13(8(3)4)10(21)5-9-14(22)15(23)11(6-20)26-17(9)25;17-11(6-9-4-2-1-3-5-9)12(19)7-10-14(20)15(21)13(8-18)23-16(10)22;1-5(2)9(13)7(15)3-6-10(16)11(17)8(4-14)19-12(6)18/h1-10,16-21,24,28-30,33H,11-13,25H2,(H,26,31)(H,27,32);1-4,8,12-13,15,17,19-20,22,24,26,29-30,33H,5-7,9,23H2,(H,25,28)(H,31,32);7-9,11-15,17,20,22-23,25H,5-6,18H2,1-4H3,(H,19,24);1-5,10-11,13-16,18,20-22H,6-8,17H2;5-6,8-12,14,16-18H,3-4,13H2,1-2H3/t;12?,13?,15-,17?,19?,20?,22?;;;/m.0.../s1. The number of rotatable bonds is 38. The van der Waals surface area contributed by atoms with Crippen LogP contribution in [0.25, 0.3) is 10.9 Å². The first-order valence-corrected chi connectivity index (χ1v) is 44.7. The lowest BCUT2D eigenvalue weighted by Crippen LogP contribution is -2.66. The van der Waals surface area contributed by atoms with Gasteiger partial charge in [0.05, 0.1) is 93.7 Å². The van der Waals surface area contributed by atoms with Crippen molar-refractivity contribution in [2.24, 2.45) is 70.1 Å². The molecule has 33 atom stereocenters. The van der Waals surface area contributed by atoms with Gasteiger partial charge >= 0.3 is 5.97 Å². The summed E-state index contributed by atoms with van der Waals surface area (Å²) in [5.41, 5.74) is 33.3. The third kappa shape index (κ3) is 33.2. The van der Waals surface area contributed by atoms with Gasteiger partial charge in [-0.1, -0.05) is 151 Å². The van der Waals surface area contributed by atoms with Crippen molar-refractivity contribution in [2.75, 3.05) is 33.0 Å². The van der Waals surface area contributed by atoms with Crippen LogP contribution >= 0.6 is 0 Å². The SMILES string of the molecule is CC(C)C(N)C(=O)CC1C(O)OC(CO)C(O)C1O.CC(C)C(N)C(=O)NC(C(=O)CC1C(O)OC(CO)C(O)C1O)C(C)C.NC(CC(=O)N[C@@H](Cc1c[nH]c2ccccc12)C(=O)O)C(=O)CC1C(O)OC(CO)C(O)C1O.NC(Cc1ccccc1)C(=O)CC1C(O)OC(CO)C(O)C1O.NC(Cc1ccccc1)C(=O)NC(Cc1ccccc1)C(=O)NC1C(O)OC(CO)C(O)C1O. The number of carbonyl (C=O) groups excluding carboxylic acids is 8. The monoisotopic (exact) mass is 1930 g/mol. The Morgan fingerprint density at radius 1 is 0.353 bits per heavy atom. The maximum absolute atomic E-state index is 13.1. The van der Waals surface area contributed by atoms with Crippen LogP contribution in [0.5, 0.6) is 0 Å². The largest absolute Gasteiger partial charge is 0.480 e. The van der Waals surface area contributed by atoms with Gasteiger partial charge in [0, 0.05) is 85.7 Å². The second kappa shape index (κ2) is 55.9. The number of fused-ring (bicyclic) bond motifs is 1. The molecule has 0 spiro atoms. The van der Waals surface area contributed by atoms with Gasteiger partial charge in [0.15, 0.2) is 43.0 Å². The highest BCUT2D eigenvalue weighted by Crippen LogP contribution is 2.34. The molecular formula is C91H138N10O35. The fourth-order valence-corrected chi connectivity index (χ4v) is 15.6. The summed E-state index contributed by atoms with van der Waals surface area (Å²) in [4.78, 5) is 114. The predicted octanol–water partition coefficient (Wildman–Crippen LogP) is -9.14. The molecule has 5 aliphatic heterocycles. The number of aromatic nitrogens is 1. The number of Topliss-reactive ketones (excluding diaryl/α,β-unsaturated/α-hetero) is 4. The van der Waals surface area contributed by atoms with Gasteiger partial charge in [-0.05, 0) is 58.9 Å². The molecule has 5 aromatic rings. The Labute approximate surface area is 784 Å². The summed E-state index contributed by atoms with van der Waals surface area (Å²) in [6, 6.07) is 25.8. The van der Waals surface area contributed by atoms with E-state index in [9.17, 15) is 130 Å². The second-order valence-electron chi connectivity index (χ2n) is 35.5. The molecule has 4 amide bonds. The van der Waals surface area contributed by atoms with E-state index in [-0.39, 0.29) is 67.8 Å². The van der Waals surface area contributed by atoms with Gasteiger partial charge in [-0.15, -0.1) is 0 Å². The maximum atomic E-state index is 13.1. The topological polar surface area (TPSA) is 819 Å². The predicted molar refractivity (Wildman–Crippen MR) is 479 cm³/mol. The summed E-state index contributed by atoms with van der Waals surface area (Å²) < 4.78 is 25.2. The molecule has 136 heavy (non-hydrogen) atoms. The van der Waals surface area contributed by atoms with E-state index in [4.69, 9.17) is 72.8 Å². The van der Waals surface area contributed by atoms with Crippen LogP contribution in [-0.4, -0.2) is 375 Å². The van der Waals surface area contributed by atoms with Crippen molar-refractivity contribution in [3.63, 3.8) is 0 Å². The van der Waals surface area contributed by atoms with E-state index in [1.165, 1.54) is 0 Å². The number of aliphatic hydroxyl groups is 20. The van der Waals surface area contributed by atoms with E-state index in [0.29, 0.717) is 12.0 Å². The lowest BCUT2D eigenvalue weighted by Gasteiger charge is -2.40. The molecule has 5 fully saturated rings. The number of nitrogens with two attached hydrogens (primary N) is 5. The van der Waals surface area contributed by atoms with E-state index in [2.05, 4.69) is 26.3 Å². The summed E-state index contributed by atoms with van der Waals surface area (Å²) in [7, 11) is 0. The number of ether oxygens (including phenoxy) is 5. The molecule has 0 saturated carbocycles. The summed E-state index contributed by atoms with van der Waals surface area (Å²) in [6.45, 7) is 7.78. The van der Waals surface area contributed by atoms with Crippen molar-refractivity contribution in [1.29, 1.82) is 0 Å². The molecule has 0 bridgehead atoms. The molecule has 5 aliphatic rings. The van der Waals surface area contributed by atoms with Crippen molar-refractivity contribution in [3.8, 4) is 0 Å². The highest BCUT2D eigenvalue weighted by atomic mass is 16.7. The van der Waals surface area contributed by atoms with Crippen LogP contribution in [-0.2, 0) is 92.5 Å². The van der Waals surface area contributed by atoms with Crippen LogP contribution in [0, 0.1) is 41.4 Å². The van der Waals surface area contributed by atoms with Crippen LogP contribution in [0.1, 0.15) is 95.9 Å². The van der Waals surface area contributed by atoms with Gasteiger partial charge in [0.2, 0.25) is 23.6 Å². The van der Waals surface area contributed by atoms with E-state index in [1.807, 2.05) is 91.0 Å². The molecule has 32 unspecified atom stereocenters.